The van der Waals surface area contributed by atoms with Gasteiger partial charge in [-0.05, 0) is 17.7 Å². The van der Waals surface area contributed by atoms with Crippen LogP contribution in [0, 0.1) is 0 Å². The summed E-state index contributed by atoms with van der Waals surface area (Å²) in [6, 6.07) is 7.44. The molecule has 1 N–H and O–H groups in total. The molecular weight excluding hydrogens is 204 g/mol. The van der Waals surface area contributed by atoms with Crippen molar-refractivity contribution in [1.82, 2.24) is 5.32 Å². The number of halogens is 2. The highest BCUT2D eigenvalue weighted by Crippen LogP contribution is 2.28. The molecule has 0 radical (unpaired) electrons. The maximum atomic E-state index is 12.1. The molecule has 0 atom stereocenters. The van der Waals surface area contributed by atoms with E-state index in [-0.39, 0.29) is 0 Å². The molecule has 1 aromatic carbocycles. The van der Waals surface area contributed by atoms with E-state index in [1.54, 1.807) is 6.07 Å². The van der Waals surface area contributed by atoms with Crippen molar-refractivity contribution in [3.63, 3.8) is 0 Å². The van der Waals surface area contributed by atoms with Crippen LogP contribution in [-0.4, -0.2) is 18.8 Å². The first-order chi connectivity index (χ1) is 6.75. The van der Waals surface area contributed by atoms with Crippen molar-refractivity contribution in [2.24, 2.45) is 0 Å². The molecule has 0 bridgehead atoms. The van der Waals surface area contributed by atoms with Crippen LogP contribution in [0.25, 0.3) is 0 Å². The van der Waals surface area contributed by atoms with Gasteiger partial charge in [-0.25, -0.2) is 0 Å². The molecule has 1 saturated heterocycles. The third-order valence-corrected chi connectivity index (χ3v) is 3.04. The van der Waals surface area contributed by atoms with Gasteiger partial charge in [0, 0.05) is 23.9 Å². The fourth-order valence-electron chi connectivity index (χ4n) is 1.47. The Bertz CT molecular complexity index is 313. The minimum atomic E-state index is -2.33. The zero-order valence-corrected chi connectivity index (χ0v) is 8.36. The van der Waals surface area contributed by atoms with Gasteiger partial charge < -0.3 is 5.32 Å². The second-order valence-electron chi connectivity index (χ2n) is 3.31. The monoisotopic (exact) mass is 215 g/mol. The third kappa shape index (κ3) is 2.25. The van der Waals surface area contributed by atoms with Gasteiger partial charge in [-0.15, -0.1) is 0 Å². The molecule has 14 heavy (non-hydrogen) atoms. The van der Waals surface area contributed by atoms with Crippen LogP contribution in [0.5, 0.6) is 0 Å². The zero-order valence-electron chi connectivity index (χ0n) is 7.54. The van der Waals surface area contributed by atoms with Crippen LogP contribution in [0.1, 0.15) is 11.5 Å². The van der Waals surface area contributed by atoms with E-state index >= 15 is 0 Å². The van der Waals surface area contributed by atoms with Crippen molar-refractivity contribution in [3.8, 4) is 0 Å². The highest BCUT2D eigenvalue weighted by Gasteiger charge is 2.19. The summed E-state index contributed by atoms with van der Waals surface area (Å²) in [4.78, 5) is 0.657. The van der Waals surface area contributed by atoms with Crippen LogP contribution < -0.4 is 5.32 Å². The molecule has 2 rings (SSSR count). The predicted octanol–water partition coefficient (Wildman–Crippen LogP) is 2.69. The van der Waals surface area contributed by atoms with E-state index in [2.05, 4.69) is 5.32 Å². The normalized spacial score (nSPS) is 17.1. The molecule has 1 nitrogen and oxygen atoms in total. The van der Waals surface area contributed by atoms with Gasteiger partial charge >= 0.3 is 0 Å². The van der Waals surface area contributed by atoms with Crippen LogP contribution in [0.4, 0.5) is 8.78 Å². The Morgan fingerprint density at radius 1 is 1.36 bits per heavy atom. The lowest BCUT2D eigenvalue weighted by Gasteiger charge is -2.27. The lowest BCUT2D eigenvalue weighted by Crippen LogP contribution is -2.39. The van der Waals surface area contributed by atoms with Crippen molar-refractivity contribution < 1.29 is 8.78 Å². The van der Waals surface area contributed by atoms with Crippen LogP contribution in [0.15, 0.2) is 29.2 Å². The number of benzene rings is 1. The Morgan fingerprint density at radius 3 is 2.71 bits per heavy atom. The van der Waals surface area contributed by atoms with E-state index in [4.69, 9.17) is 0 Å². The average Bonchev–Trinajstić information content (AvgIpc) is 1.99. The van der Waals surface area contributed by atoms with Gasteiger partial charge in [-0.1, -0.05) is 23.9 Å². The Morgan fingerprint density at radius 2 is 2.14 bits per heavy atom. The third-order valence-electron chi connectivity index (χ3n) is 2.34. The topological polar surface area (TPSA) is 12.0 Å². The minimum absolute atomic E-state index is 0.508. The van der Waals surface area contributed by atoms with Crippen molar-refractivity contribution >= 4 is 11.8 Å². The average molecular weight is 215 g/mol. The molecule has 0 saturated carbocycles. The molecule has 1 aromatic rings. The smallest absolute Gasteiger partial charge is 0.288 e. The molecular formula is C10H11F2NS. The first-order valence-corrected chi connectivity index (χ1v) is 5.39. The number of hydrogen-bond acceptors (Lipinski definition) is 2. The maximum absolute atomic E-state index is 12.1. The fourth-order valence-corrected chi connectivity index (χ4v) is 2.04. The van der Waals surface area contributed by atoms with E-state index in [1.165, 1.54) is 0 Å². The maximum Gasteiger partial charge on any atom is 0.288 e. The predicted molar refractivity (Wildman–Crippen MR) is 53.9 cm³/mol. The summed E-state index contributed by atoms with van der Waals surface area (Å²) in [7, 11) is 0. The van der Waals surface area contributed by atoms with Gasteiger partial charge in [-0.3, -0.25) is 0 Å². The van der Waals surface area contributed by atoms with Gasteiger partial charge in [0.2, 0.25) is 0 Å². The van der Waals surface area contributed by atoms with Gasteiger partial charge in [0.25, 0.3) is 5.76 Å². The Hall–Kier alpha value is -0.610. The summed E-state index contributed by atoms with van der Waals surface area (Å²) in [5.74, 6) is -1.82. The number of nitrogens with one attached hydrogen (secondary N) is 1. The molecule has 76 valence electrons. The highest BCUT2D eigenvalue weighted by atomic mass is 32.2. The van der Waals surface area contributed by atoms with Crippen molar-refractivity contribution in [1.29, 1.82) is 0 Å². The second kappa shape index (κ2) is 4.28. The lowest BCUT2D eigenvalue weighted by molar-refractivity contribution is 0.252. The van der Waals surface area contributed by atoms with E-state index in [1.807, 2.05) is 18.2 Å². The van der Waals surface area contributed by atoms with E-state index < -0.39 is 5.76 Å². The summed E-state index contributed by atoms with van der Waals surface area (Å²) in [6.07, 6.45) is 0. The summed E-state index contributed by atoms with van der Waals surface area (Å²) in [5.41, 5.74) is 1.16. The first-order valence-electron chi connectivity index (χ1n) is 4.51. The summed E-state index contributed by atoms with van der Waals surface area (Å²) in [6.45, 7) is 1.92. The minimum Gasteiger partial charge on any atom is -0.315 e. The van der Waals surface area contributed by atoms with Gasteiger partial charge in [0.1, 0.15) is 0 Å². The van der Waals surface area contributed by atoms with Crippen LogP contribution in [-0.2, 0) is 0 Å². The molecule has 0 aromatic heterocycles. The van der Waals surface area contributed by atoms with Crippen LogP contribution in [0.3, 0.4) is 0 Å². The van der Waals surface area contributed by atoms with Gasteiger partial charge in [-0.2, -0.15) is 8.78 Å². The first kappa shape index (κ1) is 9.93. The fraction of sp³-hybridized carbons (Fsp3) is 0.400. The van der Waals surface area contributed by atoms with E-state index in [0.29, 0.717) is 22.6 Å². The summed E-state index contributed by atoms with van der Waals surface area (Å²) in [5, 5.41) is 3.16. The molecule has 1 aliphatic rings. The van der Waals surface area contributed by atoms with Crippen molar-refractivity contribution in [3.05, 3.63) is 29.8 Å². The van der Waals surface area contributed by atoms with Crippen LogP contribution in [0.2, 0.25) is 0 Å². The summed E-state index contributed by atoms with van der Waals surface area (Å²) >= 11 is 0.611. The Kier molecular flexibility index (Phi) is 3.03. The zero-order chi connectivity index (χ0) is 9.97. The lowest BCUT2D eigenvalue weighted by atomic mass is 9.94. The van der Waals surface area contributed by atoms with Crippen molar-refractivity contribution in [2.45, 2.75) is 16.6 Å². The highest BCUT2D eigenvalue weighted by molar-refractivity contribution is 7.99. The van der Waals surface area contributed by atoms with Gasteiger partial charge in [0.05, 0.1) is 0 Å². The quantitative estimate of drug-likeness (QED) is 0.778. The largest absolute Gasteiger partial charge is 0.315 e. The molecule has 1 aliphatic heterocycles. The number of thioether (sulfide) groups is 1. The van der Waals surface area contributed by atoms with Gasteiger partial charge in [0.15, 0.2) is 0 Å². The molecule has 1 fully saturated rings. The second-order valence-corrected chi connectivity index (χ2v) is 4.37. The molecule has 4 heteroatoms. The standard InChI is InChI=1S/C10H11F2NS/c11-10(12)14-9-3-1-2-7(4-9)8-5-13-6-8/h1-4,8,10,13H,5-6H2. The van der Waals surface area contributed by atoms with Crippen molar-refractivity contribution in [2.75, 3.05) is 13.1 Å². The van der Waals surface area contributed by atoms with E-state index in [0.717, 1.165) is 18.7 Å². The molecule has 1 heterocycles. The van der Waals surface area contributed by atoms with Crippen LogP contribution >= 0.6 is 11.8 Å². The number of rotatable bonds is 3. The molecule has 0 amide bonds. The van der Waals surface area contributed by atoms with E-state index in [9.17, 15) is 8.78 Å². The SMILES string of the molecule is FC(F)Sc1cccc(C2CNC2)c1. The number of alkyl halides is 2. The number of hydrogen-bond donors (Lipinski definition) is 1. The summed E-state index contributed by atoms with van der Waals surface area (Å²) < 4.78 is 24.2. The molecule has 0 aliphatic carbocycles. The Labute approximate surface area is 85.9 Å². The molecule has 0 unspecified atom stereocenters. The molecule has 0 spiro atoms. The Balaban J connectivity index is 2.09.